The van der Waals surface area contributed by atoms with Gasteiger partial charge < -0.3 is 19.6 Å². The minimum Gasteiger partial charge on any atom is -0.494 e. The molecule has 0 aromatic heterocycles. The maximum absolute atomic E-state index is 13.9. The first-order chi connectivity index (χ1) is 17.9. The Kier molecular flexibility index (Phi) is 9.70. The highest BCUT2D eigenvalue weighted by Gasteiger charge is 2.62. The Morgan fingerprint density at radius 3 is 2.32 bits per heavy atom. The Balaban J connectivity index is 1.48. The van der Waals surface area contributed by atoms with Crippen molar-refractivity contribution in [2.75, 3.05) is 33.8 Å². The van der Waals surface area contributed by atoms with E-state index in [1.807, 2.05) is 0 Å². The predicted octanol–water partition coefficient (Wildman–Crippen LogP) is 5.53. The minimum absolute atomic E-state index is 0.159. The summed E-state index contributed by atoms with van der Waals surface area (Å²) in [6.07, 6.45) is -2.40. The lowest BCUT2D eigenvalue weighted by atomic mass is 9.82. The fraction of sp³-hybridized carbons (Fsp3) is 0.500. The molecule has 1 saturated heterocycles. The zero-order valence-electron chi connectivity index (χ0n) is 21.8. The molecule has 2 amide bonds. The van der Waals surface area contributed by atoms with E-state index < -0.39 is 23.2 Å². The number of amides is 2. The summed E-state index contributed by atoms with van der Waals surface area (Å²) >= 11 is 6.22. The normalized spacial score (nSPS) is 17.0. The monoisotopic (exact) mass is 554 g/mol. The number of aliphatic hydroxyl groups is 1. The molecule has 0 radical (unpaired) electrons. The molecule has 1 fully saturated rings. The molecule has 2 aromatic carbocycles. The van der Waals surface area contributed by atoms with Crippen molar-refractivity contribution >= 4 is 23.4 Å². The third-order valence-corrected chi connectivity index (χ3v) is 7.51. The van der Waals surface area contributed by atoms with Crippen molar-refractivity contribution in [1.29, 1.82) is 0 Å². The number of hydrogen-bond acceptors (Lipinski definition) is 4. The van der Waals surface area contributed by atoms with Crippen LogP contribution in [0, 0.1) is 11.8 Å². The number of likely N-dealkylation sites (tertiary alicyclic amines) is 1. The van der Waals surface area contributed by atoms with Crippen molar-refractivity contribution in [1.82, 2.24) is 9.80 Å². The average molecular weight is 555 g/mol. The van der Waals surface area contributed by atoms with Crippen LogP contribution in [0.25, 0.3) is 0 Å². The molecule has 1 aliphatic rings. The Bertz CT molecular complexity index is 1110. The van der Waals surface area contributed by atoms with Crippen molar-refractivity contribution in [2.45, 2.75) is 44.4 Å². The summed E-state index contributed by atoms with van der Waals surface area (Å²) in [6.45, 7) is 2.86. The van der Waals surface area contributed by atoms with Crippen molar-refractivity contribution in [3.05, 3.63) is 64.7 Å². The number of nitrogens with zero attached hydrogens (tertiary/aromatic N) is 2. The molecular formula is C28H34ClF3N2O4. The second-order valence-corrected chi connectivity index (χ2v) is 10.4. The lowest BCUT2D eigenvalue weighted by Crippen LogP contribution is -2.57. The first-order valence-electron chi connectivity index (χ1n) is 12.6. The predicted molar refractivity (Wildman–Crippen MR) is 139 cm³/mol. The molecule has 0 bridgehead atoms. The number of alkyl halides is 3. The molecule has 2 aromatic rings. The number of benzene rings is 2. The molecule has 0 spiro atoms. The summed E-state index contributed by atoms with van der Waals surface area (Å²) in [5.41, 5.74) is -3.64. The summed E-state index contributed by atoms with van der Waals surface area (Å²) in [5, 5.41) is 10.9. The van der Waals surface area contributed by atoms with Crippen LogP contribution in [-0.4, -0.2) is 66.7 Å². The van der Waals surface area contributed by atoms with Crippen LogP contribution >= 0.6 is 11.6 Å². The molecule has 0 saturated carbocycles. The van der Waals surface area contributed by atoms with E-state index >= 15 is 0 Å². The highest BCUT2D eigenvalue weighted by molar-refractivity contribution is 6.34. The maximum Gasteiger partial charge on any atom is 0.430 e. The van der Waals surface area contributed by atoms with Crippen LogP contribution < -0.4 is 4.74 Å². The van der Waals surface area contributed by atoms with E-state index in [2.05, 4.69) is 6.92 Å². The first kappa shape index (κ1) is 29.8. The van der Waals surface area contributed by atoms with E-state index in [1.54, 1.807) is 32.3 Å². The molecule has 1 aliphatic heterocycles. The van der Waals surface area contributed by atoms with Gasteiger partial charge in [0.25, 0.3) is 17.4 Å². The Labute approximate surface area is 226 Å². The number of rotatable bonds is 9. The van der Waals surface area contributed by atoms with Crippen LogP contribution in [0.3, 0.4) is 0 Å². The summed E-state index contributed by atoms with van der Waals surface area (Å²) in [7, 11) is 3.30. The van der Waals surface area contributed by atoms with Gasteiger partial charge in [0.2, 0.25) is 0 Å². The summed E-state index contributed by atoms with van der Waals surface area (Å²) in [6, 6.07) is 11.5. The number of piperidine rings is 1. The number of hydrogen-bond donors (Lipinski definition) is 1. The molecule has 1 unspecified atom stereocenters. The number of carbonyl (C=O) groups excluding carboxylic acids is 2. The average Bonchev–Trinajstić information content (AvgIpc) is 2.89. The fourth-order valence-corrected chi connectivity index (χ4v) is 5.07. The Morgan fingerprint density at radius 1 is 1.13 bits per heavy atom. The van der Waals surface area contributed by atoms with Gasteiger partial charge in [-0.2, -0.15) is 13.2 Å². The van der Waals surface area contributed by atoms with Gasteiger partial charge in [-0.1, -0.05) is 48.9 Å². The van der Waals surface area contributed by atoms with E-state index in [-0.39, 0.29) is 30.8 Å². The van der Waals surface area contributed by atoms with E-state index in [4.69, 9.17) is 16.3 Å². The second kappa shape index (κ2) is 12.4. The second-order valence-electron chi connectivity index (χ2n) is 10.0. The van der Waals surface area contributed by atoms with Crippen LogP contribution in [0.15, 0.2) is 48.5 Å². The van der Waals surface area contributed by atoms with Gasteiger partial charge in [-0.25, -0.2) is 0 Å². The van der Waals surface area contributed by atoms with Crippen LogP contribution in [-0.2, 0) is 10.4 Å². The molecule has 208 valence electrons. The summed E-state index contributed by atoms with van der Waals surface area (Å²) in [4.78, 5) is 27.6. The van der Waals surface area contributed by atoms with Gasteiger partial charge in [-0.05, 0) is 55.7 Å². The molecule has 1 heterocycles. The van der Waals surface area contributed by atoms with Crippen molar-refractivity contribution in [3.8, 4) is 5.75 Å². The van der Waals surface area contributed by atoms with Gasteiger partial charge in [0.05, 0.1) is 17.2 Å². The molecule has 1 N–H and O–H groups in total. The van der Waals surface area contributed by atoms with E-state index in [0.717, 1.165) is 29.9 Å². The molecule has 38 heavy (non-hydrogen) atoms. The van der Waals surface area contributed by atoms with Gasteiger partial charge in [-0.15, -0.1) is 0 Å². The molecule has 3 rings (SSSR count). The zero-order valence-corrected chi connectivity index (χ0v) is 22.6. The van der Waals surface area contributed by atoms with Gasteiger partial charge in [0.1, 0.15) is 5.75 Å². The maximum atomic E-state index is 13.9. The van der Waals surface area contributed by atoms with Crippen LogP contribution in [0.2, 0.25) is 5.02 Å². The molecule has 10 heteroatoms. The largest absolute Gasteiger partial charge is 0.494 e. The van der Waals surface area contributed by atoms with Gasteiger partial charge >= 0.3 is 6.18 Å². The van der Waals surface area contributed by atoms with Gasteiger partial charge in [0, 0.05) is 32.7 Å². The Hall–Kier alpha value is -2.78. The quantitative estimate of drug-likeness (QED) is 0.414. The lowest BCUT2D eigenvalue weighted by Gasteiger charge is -2.39. The third kappa shape index (κ3) is 6.61. The van der Waals surface area contributed by atoms with Crippen LogP contribution in [0.5, 0.6) is 5.75 Å². The van der Waals surface area contributed by atoms with E-state index in [0.29, 0.717) is 35.8 Å². The number of halogens is 4. The number of carbonyl (C=O) groups is 2. The van der Waals surface area contributed by atoms with Crippen molar-refractivity contribution in [3.63, 3.8) is 0 Å². The van der Waals surface area contributed by atoms with Crippen LogP contribution in [0.4, 0.5) is 13.2 Å². The Morgan fingerprint density at radius 2 is 1.76 bits per heavy atom. The highest BCUT2D eigenvalue weighted by Crippen LogP contribution is 2.41. The van der Waals surface area contributed by atoms with Crippen LogP contribution in [0.1, 0.15) is 48.5 Å². The fourth-order valence-electron chi connectivity index (χ4n) is 4.82. The van der Waals surface area contributed by atoms with Gasteiger partial charge in [0.15, 0.2) is 0 Å². The zero-order chi connectivity index (χ0) is 28.1. The lowest BCUT2D eigenvalue weighted by molar-refractivity contribution is -0.262. The molecule has 6 nitrogen and oxygen atoms in total. The SMILES string of the molecule is CC(CCCOc1ccc(C(=O)N(C)C)c(Cl)c1)C1CCN(C(=O)[C@](O)(c2ccccc2)C(F)(F)F)CC1. The highest BCUT2D eigenvalue weighted by atomic mass is 35.5. The summed E-state index contributed by atoms with van der Waals surface area (Å²) < 4.78 is 47.4. The first-order valence-corrected chi connectivity index (χ1v) is 13.0. The molecule has 2 atom stereocenters. The standard InChI is InChI=1S/C28H34ClF3N2O4/c1-19(8-7-17-38-22-11-12-23(24(29)18-22)25(35)33(2)3)20-13-15-34(16-14-20)26(36)27(37,28(30,31)32)21-9-5-4-6-10-21/h4-6,9-12,18-20,37H,7-8,13-17H2,1-3H3/t19?,27-/m1/s1. The van der Waals surface area contributed by atoms with Crippen molar-refractivity contribution < 1.29 is 32.6 Å². The summed E-state index contributed by atoms with van der Waals surface area (Å²) in [5.74, 6) is -0.407. The molecule has 0 aliphatic carbocycles. The van der Waals surface area contributed by atoms with E-state index in [9.17, 15) is 27.9 Å². The van der Waals surface area contributed by atoms with E-state index in [1.165, 1.54) is 23.1 Å². The smallest absolute Gasteiger partial charge is 0.430 e. The topological polar surface area (TPSA) is 70.1 Å². The van der Waals surface area contributed by atoms with Gasteiger partial charge in [-0.3, -0.25) is 9.59 Å². The molecular weight excluding hydrogens is 521 g/mol. The van der Waals surface area contributed by atoms with Crippen molar-refractivity contribution in [2.24, 2.45) is 11.8 Å². The third-order valence-electron chi connectivity index (χ3n) is 7.19. The minimum atomic E-state index is -5.14. The number of ether oxygens (including phenoxy) is 1.